The number of benzene rings is 1. The van der Waals surface area contributed by atoms with E-state index in [0.29, 0.717) is 5.69 Å². The van der Waals surface area contributed by atoms with Crippen molar-refractivity contribution in [3.63, 3.8) is 0 Å². The van der Waals surface area contributed by atoms with E-state index in [1.54, 1.807) is 0 Å². The Morgan fingerprint density at radius 1 is 1.24 bits per heavy atom. The minimum atomic E-state index is -4.56. The highest BCUT2D eigenvalue weighted by atomic mass is 19.4. The summed E-state index contributed by atoms with van der Waals surface area (Å²) in [5, 5.41) is 9.12. The molecular weight excluding hydrogens is 337 g/mol. The number of amides is 1. The highest BCUT2D eigenvalue weighted by Crippen LogP contribution is 2.35. The first-order chi connectivity index (χ1) is 11.9. The smallest absolute Gasteiger partial charge is 0.379 e. The Bertz CT molecular complexity index is 807. The lowest BCUT2D eigenvalue weighted by Crippen LogP contribution is -2.42. The molecule has 0 bridgehead atoms. The van der Waals surface area contributed by atoms with Gasteiger partial charge in [0.15, 0.2) is 5.84 Å². The molecule has 1 aromatic heterocycles. The maximum Gasteiger partial charge on any atom is 0.418 e. The normalized spacial score (nSPS) is 14.4. The largest absolute Gasteiger partial charge is 0.418 e. The first-order valence-corrected chi connectivity index (χ1v) is 7.24. The lowest BCUT2D eigenvalue weighted by atomic mass is 10.1. The van der Waals surface area contributed by atoms with E-state index in [-0.39, 0.29) is 36.1 Å². The second kappa shape index (κ2) is 6.75. The van der Waals surface area contributed by atoms with Crippen LogP contribution in [0.3, 0.4) is 0 Å². The first-order valence-electron chi connectivity index (χ1n) is 7.24. The Hall–Kier alpha value is -3.17. The summed E-state index contributed by atoms with van der Waals surface area (Å²) in [4.78, 5) is 18.9. The number of aromatic nitrogens is 2. The summed E-state index contributed by atoms with van der Waals surface area (Å²) < 4.78 is 40.2. The van der Waals surface area contributed by atoms with Crippen LogP contribution in [-0.2, 0) is 17.5 Å². The van der Waals surface area contributed by atoms with Gasteiger partial charge in [0.25, 0.3) is 5.91 Å². The van der Waals surface area contributed by atoms with Crippen molar-refractivity contribution < 1.29 is 18.0 Å². The molecule has 0 fully saturated rings. The Labute approximate surface area is 140 Å². The van der Waals surface area contributed by atoms with Gasteiger partial charge in [-0.15, -0.1) is 0 Å². The van der Waals surface area contributed by atoms with Crippen molar-refractivity contribution in [1.82, 2.24) is 20.7 Å². The second-order valence-electron chi connectivity index (χ2n) is 5.16. The van der Waals surface area contributed by atoms with Gasteiger partial charge >= 0.3 is 6.18 Å². The highest BCUT2D eigenvalue weighted by Gasteiger charge is 2.34. The van der Waals surface area contributed by atoms with Crippen LogP contribution in [0.25, 0.3) is 0 Å². The zero-order chi connectivity index (χ0) is 17.9. The molecule has 0 spiro atoms. The van der Waals surface area contributed by atoms with Gasteiger partial charge in [0.05, 0.1) is 30.5 Å². The average molecular weight is 350 g/mol. The fourth-order valence-electron chi connectivity index (χ4n) is 2.22. The number of nitrogens with zero attached hydrogens (tertiary/aromatic N) is 3. The monoisotopic (exact) mass is 350 g/mol. The SMILES string of the molecule is O=C1CNC(c2ccc(NCc3cnccn3)c(C(F)(F)F)c2)=NN1. The first kappa shape index (κ1) is 16.7. The van der Waals surface area contributed by atoms with Crippen molar-refractivity contribution in [2.24, 2.45) is 5.10 Å². The van der Waals surface area contributed by atoms with Gasteiger partial charge in [0, 0.05) is 23.6 Å². The summed E-state index contributed by atoms with van der Waals surface area (Å²) >= 11 is 0. The number of amidine groups is 1. The maximum absolute atomic E-state index is 13.4. The number of hydrazone groups is 1. The molecule has 0 aliphatic carbocycles. The second-order valence-corrected chi connectivity index (χ2v) is 5.16. The molecule has 1 aliphatic rings. The summed E-state index contributed by atoms with van der Waals surface area (Å²) in [5.41, 5.74) is 2.04. The van der Waals surface area contributed by atoms with Crippen LogP contribution in [0.1, 0.15) is 16.8 Å². The summed E-state index contributed by atoms with van der Waals surface area (Å²) in [6.07, 6.45) is -0.140. The van der Waals surface area contributed by atoms with Crippen molar-refractivity contribution in [2.45, 2.75) is 12.7 Å². The number of nitrogens with one attached hydrogen (secondary N) is 3. The van der Waals surface area contributed by atoms with E-state index in [1.807, 2.05) is 0 Å². The number of anilines is 1. The third-order valence-electron chi connectivity index (χ3n) is 3.38. The van der Waals surface area contributed by atoms with Crippen LogP contribution >= 0.6 is 0 Å². The predicted octanol–water partition coefficient (Wildman–Crippen LogP) is 1.49. The van der Waals surface area contributed by atoms with Crippen LogP contribution in [-0.4, -0.2) is 28.3 Å². The zero-order valence-corrected chi connectivity index (χ0v) is 12.8. The number of halogens is 3. The van der Waals surface area contributed by atoms with Crippen LogP contribution in [0.4, 0.5) is 18.9 Å². The molecule has 10 heteroatoms. The quantitative estimate of drug-likeness (QED) is 0.777. The fourth-order valence-corrected chi connectivity index (χ4v) is 2.22. The molecule has 2 heterocycles. The molecule has 3 N–H and O–H groups in total. The topological polar surface area (TPSA) is 91.3 Å². The van der Waals surface area contributed by atoms with Gasteiger partial charge in [-0.05, 0) is 18.2 Å². The molecular formula is C15H13F3N6O. The number of hydrogen-bond acceptors (Lipinski definition) is 6. The third kappa shape index (κ3) is 4.03. The molecule has 0 radical (unpaired) electrons. The fraction of sp³-hybridized carbons (Fsp3) is 0.200. The molecule has 1 aromatic carbocycles. The van der Waals surface area contributed by atoms with E-state index >= 15 is 0 Å². The zero-order valence-electron chi connectivity index (χ0n) is 12.8. The molecule has 7 nitrogen and oxygen atoms in total. The Balaban J connectivity index is 1.87. The Kier molecular flexibility index (Phi) is 4.50. The molecule has 0 atom stereocenters. The average Bonchev–Trinajstić information content (AvgIpc) is 2.61. The van der Waals surface area contributed by atoms with Crippen LogP contribution in [0.2, 0.25) is 0 Å². The minimum Gasteiger partial charge on any atom is -0.379 e. The maximum atomic E-state index is 13.4. The summed E-state index contributed by atoms with van der Waals surface area (Å²) in [7, 11) is 0. The van der Waals surface area contributed by atoms with E-state index in [1.165, 1.54) is 30.7 Å². The van der Waals surface area contributed by atoms with Gasteiger partial charge < -0.3 is 10.6 Å². The number of alkyl halides is 3. The van der Waals surface area contributed by atoms with Gasteiger partial charge in [-0.3, -0.25) is 14.8 Å². The molecule has 0 saturated carbocycles. The number of carbonyl (C=O) groups excluding carboxylic acids is 1. The van der Waals surface area contributed by atoms with Crippen LogP contribution in [0.5, 0.6) is 0 Å². The van der Waals surface area contributed by atoms with Crippen molar-refractivity contribution >= 4 is 17.4 Å². The third-order valence-corrected chi connectivity index (χ3v) is 3.38. The standard InChI is InChI=1S/C15H13F3N6O/c16-15(17,18)11-5-9(14-22-8-13(25)23-24-14)1-2-12(11)21-7-10-6-19-3-4-20-10/h1-6,21H,7-8H2,(H,22,24)(H,23,25). The van der Waals surface area contributed by atoms with Crippen molar-refractivity contribution in [3.05, 3.63) is 53.6 Å². The molecule has 0 saturated heterocycles. The van der Waals surface area contributed by atoms with Gasteiger partial charge in [0.2, 0.25) is 0 Å². The molecule has 0 unspecified atom stereocenters. The van der Waals surface area contributed by atoms with Gasteiger partial charge in [-0.25, -0.2) is 5.43 Å². The summed E-state index contributed by atoms with van der Waals surface area (Å²) in [5.74, 6) is -0.187. The van der Waals surface area contributed by atoms with E-state index in [0.717, 1.165) is 6.07 Å². The van der Waals surface area contributed by atoms with Crippen molar-refractivity contribution in [3.8, 4) is 0 Å². The van der Waals surface area contributed by atoms with Gasteiger partial charge in [-0.2, -0.15) is 18.3 Å². The number of hydrogen-bond donors (Lipinski definition) is 3. The minimum absolute atomic E-state index is 0.0487. The highest BCUT2D eigenvalue weighted by molar-refractivity contribution is 6.03. The van der Waals surface area contributed by atoms with Gasteiger partial charge in [-0.1, -0.05) is 0 Å². The Morgan fingerprint density at radius 2 is 2.08 bits per heavy atom. The molecule has 1 amide bonds. The summed E-state index contributed by atoms with van der Waals surface area (Å²) in [6.45, 7) is 0.0540. The predicted molar refractivity (Wildman–Crippen MR) is 83.5 cm³/mol. The van der Waals surface area contributed by atoms with Crippen LogP contribution in [0, 0.1) is 0 Å². The molecule has 3 rings (SSSR count). The molecule has 25 heavy (non-hydrogen) atoms. The van der Waals surface area contributed by atoms with E-state index < -0.39 is 11.7 Å². The number of rotatable bonds is 4. The van der Waals surface area contributed by atoms with E-state index in [9.17, 15) is 18.0 Å². The van der Waals surface area contributed by atoms with Crippen LogP contribution in [0.15, 0.2) is 41.9 Å². The lowest BCUT2D eigenvalue weighted by molar-refractivity contribution is -0.137. The van der Waals surface area contributed by atoms with Crippen LogP contribution < -0.4 is 16.1 Å². The summed E-state index contributed by atoms with van der Waals surface area (Å²) in [6, 6.07) is 3.77. The van der Waals surface area contributed by atoms with Crippen molar-refractivity contribution in [1.29, 1.82) is 0 Å². The molecule has 2 aromatic rings. The molecule has 1 aliphatic heterocycles. The Morgan fingerprint density at radius 3 is 2.72 bits per heavy atom. The lowest BCUT2D eigenvalue weighted by Gasteiger charge is -2.18. The molecule has 130 valence electrons. The van der Waals surface area contributed by atoms with Crippen molar-refractivity contribution in [2.75, 3.05) is 11.9 Å². The van der Waals surface area contributed by atoms with Gasteiger partial charge in [0.1, 0.15) is 0 Å². The van der Waals surface area contributed by atoms with E-state index in [4.69, 9.17) is 0 Å². The number of carbonyl (C=O) groups is 1. The van der Waals surface area contributed by atoms with E-state index in [2.05, 4.69) is 31.1 Å².